The zero-order valence-corrected chi connectivity index (χ0v) is 20.3. The van der Waals surface area contributed by atoms with E-state index >= 15 is 0 Å². The minimum Gasteiger partial charge on any atom is -0.319 e. The van der Waals surface area contributed by atoms with Gasteiger partial charge in [0.2, 0.25) is 0 Å². The van der Waals surface area contributed by atoms with Crippen LogP contribution in [0.2, 0.25) is 0 Å². The van der Waals surface area contributed by atoms with Crippen molar-refractivity contribution in [3.05, 3.63) is 161 Å². The van der Waals surface area contributed by atoms with Gasteiger partial charge in [0.1, 0.15) is 0 Å². The van der Waals surface area contributed by atoms with E-state index in [0.29, 0.717) is 0 Å². The molecule has 0 radical (unpaired) electrons. The summed E-state index contributed by atoms with van der Waals surface area (Å²) in [5, 5.41) is 3.37. The number of benzene rings is 2. The Morgan fingerprint density at radius 3 is 1.22 bits per heavy atom. The molecular formula is C32H28N4. The summed E-state index contributed by atoms with van der Waals surface area (Å²) >= 11 is 0. The van der Waals surface area contributed by atoms with Crippen molar-refractivity contribution < 1.29 is 0 Å². The molecule has 2 unspecified atom stereocenters. The molecule has 0 saturated heterocycles. The third-order valence-corrected chi connectivity index (χ3v) is 6.95. The molecule has 3 aromatic heterocycles. The molecule has 1 aliphatic rings. The van der Waals surface area contributed by atoms with Crippen molar-refractivity contribution in [3.8, 4) is 0 Å². The predicted octanol–water partition coefficient (Wildman–Crippen LogP) is 5.90. The molecule has 4 heterocycles. The molecule has 2 atom stereocenters. The van der Waals surface area contributed by atoms with Gasteiger partial charge in [-0.05, 0) is 54.6 Å². The number of aromatic nitrogens is 3. The topological polar surface area (TPSA) is 50.7 Å². The number of rotatable bonds is 4. The first-order valence-electron chi connectivity index (χ1n) is 12.5. The normalized spacial score (nSPS) is 18.6. The lowest BCUT2D eigenvalue weighted by Crippen LogP contribution is -2.22. The minimum absolute atomic E-state index is 0.0356. The number of pyridine rings is 3. The lowest BCUT2D eigenvalue weighted by molar-refractivity contribution is 0.661. The Morgan fingerprint density at radius 1 is 0.472 bits per heavy atom. The molecule has 176 valence electrons. The van der Waals surface area contributed by atoms with Gasteiger partial charge in [-0.25, -0.2) is 0 Å². The fraction of sp³-hybridized carbons (Fsp3) is 0.156. The van der Waals surface area contributed by atoms with Crippen LogP contribution in [0.15, 0.2) is 115 Å². The SMILES string of the molecule is CNCC1c2cccc(n2)C(c2ccccc2)c2cccc(n2)C(c2ccccc2)c2cccc1n2. The average Bonchev–Trinajstić information content (AvgIpc) is 2.93. The van der Waals surface area contributed by atoms with Gasteiger partial charge in [0, 0.05) is 6.54 Å². The van der Waals surface area contributed by atoms with Crippen molar-refractivity contribution in [3.63, 3.8) is 0 Å². The fourth-order valence-electron chi connectivity index (χ4n) is 5.28. The van der Waals surface area contributed by atoms with Crippen molar-refractivity contribution >= 4 is 0 Å². The third kappa shape index (κ3) is 4.21. The first-order valence-corrected chi connectivity index (χ1v) is 12.5. The van der Waals surface area contributed by atoms with E-state index in [1.54, 1.807) is 0 Å². The molecule has 2 aromatic carbocycles. The molecule has 1 aliphatic heterocycles. The summed E-state index contributed by atoms with van der Waals surface area (Å²) in [6.07, 6.45) is 0. The second-order valence-corrected chi connectivity index (χ2v) is 9.26. The molecule has 0 spiro atoms. The summed E-state index contributed by atoms with van der Waals surface area (Å²) in [5.74, 6) is -0.0968. The molecule has 6 rings (SSSR count). The summed E-state index contributed by atoms with van der Waals surface area (Å²) in [5.41, 5.74) is 8.37. The van der Waals surface area contributed by atoms with Gasteiger partial charge >= 0.3 is 0 Å². The van der Waals surface area contributed by atoms with Gasteiger partial charge in [0.25, 0.3) is 0 Å². The maximum absolute atomic E-state index is 5.29. The van der Waals surface area contributed by atoms with Crippen LogP contribution in [0.5, 0.6) is 0 Å². The van der Waals surface area contributed by atoms with E-state index in [4.69, 9.17) is 15.0 Å². The quantitative estimate of drug-likeness (QED) is 0.357. The van der Waals surface area contributed by atoms with Gasteiger partial charge in [0.05, 0.1) is 51.9 Å². The molecule has 0 amide bonds. The van der Waals surface area contributed by atoms with E-state index in [1.807, 2.05) is 7.05 Å². The van der Waals surface area contributed by atoms with E-state index in [-0.39, 0.29) is 17.8 Å². The standard InChI is InChI=1S/C32H28N4/c1-33-21-24-25-15-8-17-27(34-25)31(22-11-4-2-5-12-22)29-19-10-20-30(36-29)32(23-13-6-3-7-14-23)28-18-9-16-26(24)35-28/h2-20,24,31-33H,21H2,1H3. The molecule has 6 bridgehead atoms. The van der Waals surface area contributed by atoms with Crippen LogP contribution < -0.4 is 5.32 Å². The van der Waals surface area contributed by atoms with Crippen molar-refractivity contribution in [1.29, 1.82) is 0 Å². The zero-order valence-electron chi connectivity index (χ0n) is 20.3. The number of nitrogens with one attached hydrogen (secondary N) is 1. The summed E-state index contributed by atoms with van der Waals surface area (Å²) < 4.78 is 0. The lowest BCUT2D eigenvalue weighted by Gasteiger charge is -2.25. The van der Waals surface area contributed by atoms with Crippen LogP contribution in [0.25, 0.3) is 0 Å². The van der Waals surface area contributed by atoms with Crippen LogP contribution in [-0.2, 0) is 0 Å². The molecule has 0 aliphatic carbocycles. The molecule has 1 N–H and O–H groups in total. The van der Waals surface area contributed by atoms with Gasteiger partial charge in [-0.2, -0.15) is 0 Å². The van der Waals surface area contributed by atoms with E-state index in [0.717, 1.165) is 40.7 Å². The maximum Gasteiger partial charge on any atom is 0.0686 e. The van der Waals surface area contributed by atoms with Crippen molar-refractivity contribution in [1.82, 2.24) is 20.3 Å². The summed E-state index contributed by atoms with van der Waals surface area (Å²) in [4.78, 5) is 15.7. The Labute approximate surface area is 212 Å². The highest BCUT2D eigenvalue weighted by atomic mass is 14.9. The highest BCUT2D eigenvalue weighted by Crippen LogP contribution is 2.36. The molecule has 0 saturated carbocycles. The second-order valence-electron chi connectivity index (χ2n) is 9.26. The highest BCUT2D eigenvalue weighted by Gasteiger charge is 2.27. The maximum atomic E-state index is 5.29. The molecule has 4 nitrogen and oxygen atoms in total. The number of nitrogens with zero attached hydrogens (tertiary/aromatic N) is 3. The number of hydrogen-bond donors (Lipinski definition) is 1. The monoisotopic (exact) mass is 468 g/mol. The van der Waals surface area contributed by atoms with E-state index in [9.17, 15) is 0 Å². The number of hydrogen-bond acceptors (Lipinski definition) is 4. The molecule has 5 aromatic rings. The second kappa shape index (κ2) is 9.84. The Balaban J connectivity index is 1.65. The van der Waals surface area contributed by atoms with E-state index in [2.05, 4.69) is 121 Å². The summed E-state index contributed by atoms with van der Waals surface area (Å²) in [7, 11) is 1.98. The Morgan fingerprint density at radius 2 is 0.833 bits per heavy atom. The van der Waals surface area contributed by atoms with Crippen LogP contribution >= 0.6 is 0 Å². The van der Waals surface area contributed by atoms with Gasteiger partial charge in [0.15, 0.2) is 0 Å². The smallest absolute Gasteiger partial charge is 0.0686 e. The summed E-state index contributed by atoms with van der Waals surface area (Å²) in [6, 6.07) is 40.2. The molecule has 36 heavy (non-hydrogen) atoms. The molecule has 4 heteroatoms. The highest BCUT2D eigenvalue weighted by molar-refractivity contribution is 5.43. The average molecular weight is 469 g/mol. The van der Waals surface area contributed by atoms with Crippen LogP contribution in [0.1, 0.15) is 63.0 Å². The summed E-state index contributed by atoms with van der Waals surface area (Å²) in [6.45, 7) is 0.752. The van der Waals surface area contributed by atoms with Gasteiger partial charge < -0.3 is 5.32 Å². The van der Waals surface area contributed by atoms with Crippen molar-refractivity contribution in [2.24, 2.45) is 0 Å². The fourth-order valence-corrected chi connectivity index (χ4v) is 5.28. The van der Waals surface area contributed by atoms with Crippen molar-refractivity contribution in [2.45, 2.75) is 17.8 Å². The lowest BCUT2D eigenvalue weighted by atomic mass is 9.87. The number of likely N-dealkylation sites (N-methyl/N-ethyl adjacent to an activating group) is 1. The van der Waals surface area contributed by atoms with Gasteiger partial charge in [-0.15, -0.1) is 0 Å². The van der Waals surface area contributed by atoms with Crippen molar-refractivity contribution in [2.75, 3.05) is 13.6 Å². The third-order valence-electron chi connectivity index (χ3n) is 6.95. The van der Waals surface area contributed by atoms with Crippen LogP contribution in [-0.4, -0.2) is 28.5 Å². The van der Waals surface area contributed by atoms with Crippen LogP contribution in [0.3, 0.4) is 0 Å². The van der Waals surface area contributed by atoms with Gasteiger partial charge in [-0.1, -0.05) is 78.9 Å². The zero-order chi connectivity index (χ0) is 24.3. The largest absolute Gasteiger partial charge is 0.319 e. The van der Waals surface area contributed by atoms with E-state index < -0.39 is 0 Å². The predicted molar refractivity (Wildman–Crippen MR) is 143 cm³/mol. The first-order chi connectivity index (χ1) is 17.8. The Kier molecular flexibility index (Phi) is 6.10. The van der Waals surface area contributed by atoms with Crippen LogP contribution in [0, 0.1) is 0 Å². The number of fused-ring (bicyclic) bond motifs is 6. The van der Waals surface area contributed by atoms with E-state index in [1.165, 1.54) is 11.1 Å². The molecular weight excluding hydrogens is 440 g/mol. The van der Waals surface area contributed by atoms with Crippen LogP contribution in [0.4, 0.5) is 0 Å². The van der Waals surface area contributed by atoms with Gasteiger partial charge in [-0.3, -0.25) is 15.0 Å². The molecule has 0 fully saturated rings. The minimum atomic E-state index is -0.0662. The Bertz CT molecular complexity index is 1360. The Hall–Kier alpha value is -4.15. The first kappa shape index (κ1) is 22.3.